The Morgan fingerprint density at radius 2 is 1.90 bits per heavy atom. The van der Waals surface area contributed by atoms with Crippen LogP contribution in [0.1, 0.15) is 25.8 Å². The highest BCUT2D eigenvalue weighted by atomic mass is 32.2. The van der Waals surface area contributed by atoms with Gasteiger partial charge in [-0.25, -0.2) is 5.48 Å². The van der Waals surface area contributed by atoms with Gasteiger partial charge in [0.15, 0.2) is 0 Å². The molecule has 0 saturated carbocycles. The Hall–Kier alpha value is -2.51. The molecule has 6 nitrogen and oxygen atoms in total. The first-order valence-electron chi connectivity index (χ1n) is 9.60. The van der Waals surface area contributed by atoms with Gasteiger partial charge in [0.1, 0.15) is 11.8 Å². The predicted molar refractivity (Wildman–Crippen MR) is 113 cm³/mol. The number of carbonyl (C=O) groups is 2. The van der Waals surface area contributed by atoms with Crippen molar-refractivity contribution < 1.29 is 19.5 Å². The lowest BCUT2D eigenvalue weighted by molar-refractivity contribution is -0.133. The molecule has 1 heterocycles. The van der Waals surface area contributed by atoms with Crippen molar-refractivity contribution in [2.45, 2.75) is 42.9 Å². The summed E-state index contributed by atoms with van der Waals surface area (Å²) in [6, 6.07) is 14.5. The number of ether oxygens (including phenoxy) is 1. The zero-order valence-corrected chi connectivity index (χ0v) is 17.6. The molecule has 29 heavy (non-hydrogen) atoms. The van der Waals surface area contributed by atoms with Crippen LogP contribution >= 0.6 is 11.8 Å². The van der Waals surface area contributed by atoms with E-state index in [1.165, 1.54) is 11.8 Å². The lowest BCUT2D eigenvalue weighted by Gasteiger charge is -2.38. The van der Waals surface area contributed by atoms with Gasteiger partial charge in [0.2, 0.25) is 5.91 Å². The molecule has 2 amide bonds. The second kappa shape index (κ2) is 9.33. The number of hydrogen-bond acceptors (Lipinski definition) is 5. The lowest BCUT2D eigenvalue weighted by Crippen LogP contribution is -2.54. The van der Waals surface area contributed by atoms with Crippen LogP contribution in [0.25, 0.3) is 0 Å². The lowest BCUT2D eigenvalue weighted by atomic mass is 9.99. The Kier molecular flexibility index (Phi) is 6.82. The molecule has 2 N–H and O–H groups in total. The van der Waals surface area contributed by atoms with Crippen LogP contribution in [0.4, 0.5) is 5.69 Å². The second-order valence-electron chi connectivity index (χ2n) is 7.46. The molecular weight excluding hydrogens is 388 g/mol. The number of rotatable bonds is 7. The SMILES string of the molecule is COc1ccc(CC2Sc3ccccc3N([C@@H](CC(C)C)C(=O)NO)C2=O)cc1. The number of benzene rings is 2. The molecule has 0 fully saturated rings. The summed E-state index contributed by atoms with van der Waals surface area (Å²) in [5, 5.41) is 8.92. The van der Waals surface area contributed by atoms with E-state index in [0.717, 1.165) is 16.2 Å². The van der Waals surface area contributed by atoms with Crippen LogP contribution in [0.15, 0.2) is 53.4 Å². The van der Waals surface area contributed by atoms with Crippen molar-refractivity contribution in [3.8, 4) is 5.75 Å². The van der Waals surface area contributed by atoms with E-state index < -0.39 is 11.9 Å². The van der Waals surface area contributed by atoms with Gasteiger partial charge in [0.05, 0.1) is 18.0 Å². The third-order valence-corrected chi connectivity index (χ3v) is 6.16. The molecule has 3 rings (SSSR count). The van der Waals surface area contributed by atoms with Gasteiger partial charge in [-0.1, -0.05) is 38.1 Å². The van der Waals surface area contributed by atoms with Crippen LogP contribution in [0.5, 0.6) is 5.75 Å². The summed E-state index contributed by atoms with van der Waals surface area (Å²) in [7, 11) is 1.62. The van der Waals surface area contributed by atoms with Crippen LogP contribution in [0.2, 0.25) is 0 Å². The zero-order valence-electron chi connectivity index (χ0n) is 16.8. The summed E-state index contributed by atoms with van der Waals surface area (Å²) in [4.78, 5) is 28.4. The molecule has 2 atom stereocenters. The van der Waals surface area contributed by atoms with E-state index in [9.17, 15) is 14.8 Å². The van der Waals surface area contributed by atoms with Crippen LogP contribution in [-0.2, 0) is 16.0 Å². The van der Waals surface area contributed by atoms with Crippen LogP contribution < -0.4 is 15.1 Å². The van der Waals surface area contributed by atoms with E-state index in [-0.39, 0.29) is 17.1 Å². The minimum Gasteiger partial charge on any atom is -0.497 e. The fraction of sp³-hybridized carbons (Fsp3) is 0.364. The normalized spacial score (nSPS) is 17.1. The topological polar surface area (TPSA) is 78.9 Å². The monoisotopic (exact) mass is 414 g/mol. The number of nitrogens with zero attached hydrogens (tertiary/aromatic N) is 1. The van der Waals surface area contributed by atoms with Gasteiger partial charge < -0.3 is 4.74 Å². The molecule has 0 bridgehead atoms. The molecule has 2 aromatic carbocycles. The molecule has 154 valence electrons. The first-order chi connectivity index (χ1) is 13.9. The van der Waals surface area contributed by atoms with E-state index in [0.29, 0.717) is 18.5 Å². The fourth-order valence-electron chi connectivity index (χ4n) is 3.51. The van der Waals surface area contributed by atoms with Crippen molar-refractivity contribution in [1.29, 1.82) is 0 Å². The Bertz CT molecular complexity index is 869. The third-order valence-electron chi connectivity index (χ3n) is 4.91. The number of para-hydroxylation sites is 1. The predicted octanol–water partition coefficient (Wildman–Crippen LogP) is 3.67. The first kappa shape index (κ1) is 21.2. The molecular formula is C22H26N2O4S. The maximum Gasteiger partial charge on any atom is 0.266 e. The summed E-state index contributed by atoms with van der Waals surface area (Å²) in [6.07, 6.45) is 0.986. The molecule has 7 heteroatoms. The molecule has 1 aliphatic heterocycles. The number of hydroxylamine groups is 1. The van der Waals surface area contributed by atoms with Gasteiger partial charge >= 0.3 is 0 Å². The Morgan fingerprint density at radius 3 is 2.52 bits per heavy atom. The molecule has 1 aliphatic rings. The molecule has 0 radical (unpaired) electrons. The fourth-order valence-corrected chi connectivity index (χ4v) is 4.75. The highest BCUT2D eigenvalue weighted by Gasteiger charge is 2.40. The summed E-state index contributed by atoms with van der Waals surface area (Å²) in [5.74, 6) is 0.238. The van der Waals surface area contributed by atoms with Crippen molar-refractivity contribution in [3.63, 3.8) is 0 Å². The minimum absolute atomic E-state index is 0.126. The third kappa shape index (κ3) is 4.74. The van der Waals surface area contributed by atoms with E-state index in [1.807, 2.05) is 62.4 Å². The van der Waals surface area contributed by atoms with Gasteiger partial charge in [-0.15, -0.1) is 11.8 Å². The maximum absolute atomic E-state index is 13.5. The number of hydrogen-bond donors (Lipinski definition) is 2. The van der Waals surface area contributed by atoms with Crippen molar-refractivity contribution in [2.75, 3.05) is 12.0 Å². The van der Waals surface area contributed by atoms with Gasteiger partial charge in [0, 0.05) is 4.90 Å². The smallest absolute Gasteiger partial charge is 0.266 e. The number of methoxy groups -OCH3 is 1. The maximum atomic E-state index is 13.5. The quantitative estimate of drug-likeness (QED) is 0.534. The van der Waals surface area contributed by atoms with Crippen molar-refractivity contribution in [3.05, 3.63) is 54.1 Å². The average Bonchev–Trinajstić information content (AvgIpc) is 2.73. The minimum atomic E-state index is -0.770. The number of amides is 2. The van der Waals surface area contributed by atoms with Crippen LogP contribution in [0, 0.1) is 5.92 Å². The van der Waals surface area contributed by atoms with Crippen LogP contribution in [0.3, 0.4) is 0 Å². The van der Waals surface area contributed by atoms with Gasteiger partial charge in [-0.2, -0.15) is 0 Å². The highest BCUT2D eigenvalue weighted by Crippen LogP contribution is 2.42. The number of anilines is 1. The highest BCUT2D eigenvalue weighted by molar-refractivity contribution is 8.01. The summed E-state index contributed by atoms with van der Waals surface area (Å²) in [6.45, 7) is 3.98. The number of nitrogens with one attached hydrogen (secondary N) is 1. The Labute approximate surface area is 175 Å². The van der Waals surface area contributed by atoms with Crippen molar-refractivity contribution >= 4 is 29.3 Å². The van der Waals surface area contributed by atoms with E-state index >= 15 is 0 Å². The van der Waals surface area contributed by atoms with Crippen LogP contribution in [-0.4, -0.2) is 35.4 Å². The first-order valence-corrected chi connectivity index (χ1v) is 10.5. The van der Waals surface area contributed by atoms with E-state index in [4.69, 9.17) is 4.74 Å². The molecule has 0 aromatic heterocycles. The van der Waals surface area contributed by atoms with Gasteiger partial charge in [0.25, 0.3) is 5.91 Å². The summed E-state index contributed by atoms with van der Waals surface area (Å²) in [5.41, 5.74) is 3.47. The van der Waals surface area contributed by atoms with E-state index in [2.05, 4.69) is 0 Å². The van der Waals surface area contributed by atoms with E-state index in [1.54, 1.807) is 17.5 Å². The summed E-state index contributed by atoms with van der Waals surface area (Å²) < 4.78 is 5.20. The number of carbonyl (C=O) groups excluding carboxylic acids is 2. The zero-order chi connectivity index (χ0) is 21.0. The molecule has 0 saturated heterocycles. The molecule has 0 aliphatic carbocycles. The van der Waals surface area contributed by atoms with Crippen molar-refractivity contribution in [1.82, 2.24) is 5.48 Å². The number of thioether (sulfide) groups is 1. The second-order valence-corrected chi connectivity index (χ2v) is 8.70. The Balaban J connectivity index is 1.95. The summed E-state index contributed by atoms with van der Waals surface area (Å²) >= 11 is 1.51. The van der Waals surface area contributed by atoms with Gasteiger partial charge in [-0.3, -0.25) is 19.7 Å². The Morgan fingerprint density at radius 1 is 1.21 bits per heavy atom. The number of fused-ring (bicyclic) bond motifs is 1. The van der Waals surface area contributed by atoms with Crippen molar-refractivity contribution in [2.24, 2.45) is 5.92 Å². The molecule has 2 aromatic rings. The van der Waals surface area contributed by atoms with Gasteiger partial charge in [-0.05, 0) is 48.6 Å². The standard InChI is InChI=1S/C22H26N2O4S/c1-14(2)12-18(21(25)23-27)24-17-6-4-5-7-19(17)29-20(22(24)26)13-15-8-10-16(28-3)11-9-15/h4-11,14,18,20,27H,12-13H2,1-3H3,(H,23,25)/t18-,20?/m0/s1. The molecule has 0 spiro atoms. The molecule has 1 unspecified atom stereocenters. The average molecular weight is 415 g/mol. The largest absolute Gasteiger partial charge is 0.497 e.